The summed E-state index contributed by atoms with van der Waals surface area (Å²) < 4.78 is 6.10. The van der Waals surface area contributed by atoms with Crippen molar-refractivity contribution in [1.82, 2.24) is 10.3 Å². The molecular weight excluding hydrogens is 322 g/mol. The molecule has 1 saturated carbocycles. The van der Waals surface area contributed by atoms with Crippen molar-refractivity contribution in [3.05, 3.63) is 45.9 Å². The fraction of sp³-hybridized carbons (Fsp3) is 0.444. The summed E-state index contributed by atoms with van der Waals surface area (Å²) in [7, 11) is 0. The number of benzene rings is 1. The lowest BCUT2D eigenvalue weighted by Crippen LogP contribution is -2.24. The number of aromatic nitrogens is 1. The highest BCUT2D eigenvalue weighted by molar-refractivity contribution is 7.09. The molecule has 0 spiro atoms. The molecule has 1 aliphatic carbocycles. The molecule has 5 nitrogen and oxygen atoms in total. The molecule has 0 bridgehead atoms. The Balaban J connectivity index is 1.60. The predicted molar refractivity (Wildman–Crippen MR) is 95.4 cm³/mol. The molecule has 128 valence electrons. The maximum absolute atomic E-state index is 12.3. The molecule has 6 heteroatoms. The Bertz CT molecular complexity index is 680. The normalized spacial score (nSPS) is 14.7. The number of hydrogen-bond donors (Lipinski definition) is 2. The van der Waals surface area contributed by atoms with E-state index >= 15 is 0 Å². The third-order valence-electron chi connectivity index (χ3n) is 4.15. The molecule has 1 amide bonds. The maximum atomic E-state index is 12.3. The second kappa shape index (κ2) is 8.26. The lowest BCUT2D eigenvalue weighted by atomic mass is 10.2. The first-order valence-corrected chi connectivity index (χ1v) is 9.31. The van der Waals surface area contributed by atoms with Gasteiger partial charge in [0, 0.05) is 23.9 Å². The standard InChI is InChI=1S/C18H23N3O2S/c19-10-9-17-21-15(12-24-17)18(22)20-11-13-5-1-4-8-16(13)23-14-6-2-3-7-14/h1,4-5,8,12,14H,2-3,6-7,9-11,19H2,(H,20,22). The summed E-state index contributed by atoms with van der Waals surface area (Å²) in [5.41, 5.74) is 6.97. The van der Waals surface area contributed by atoms with Crippen molar-refractivity contribution in [2.45, 2.75) is 44.8 Å². The number of nitrogens with zero attached hydrogens (tertiary/aromatic N) is 1. The first kappa shape index (κ1) is 16.9. The van der Waals surface area contributed by atoms with Crippen molar-refractivity contribution in [3.63, 3.8) is 0 Å². The number of thiazole rings is 1. The zero-order valence-electron chi connectivity index (χ0n) is 13.7. The second-order valence-corrected chi connectivity index (χ2v) is 6.92. The minimum Gasteiger partial charge on any atom is -0.490 e. The lowest BCUT2D eigenvalue weighted by molar-refractivity contribution is 0.0946. The van der Waals surface area contributed by atoms with Crippen LogP contribution in [0.4, 0.5) is 0 Å². The molecular formula is C18H23N3O2S. The average molecular weight is 345 g/mol. The molecule has 3 N–H and O–H groups in total. The number of carbonyl (C=O) groups excluding carboxylic acids is 1. The van der Waals surface area contributed by atoms with Gasteiger partial charge in [-0.3, -0.25) is 4.79 Å². The molecule has 0 radical (unpaired) electrons. The van der Waals surface area contributed by atoms with Crippen molar-refractivity contribution in [2.24, 2.45) is 5.73 Å². The maximum Gasteiger partial charge on any atom is 0.271 e. The van der Waals surface area contributed by atoms with E-state index in [1.807, 2.05) is 24.3 Å². The number of para-hydroxylation sites is 1. The smallest absolute Gasteiger partial charge is 0.271 e. The van der Waals surface area contributed by atoms with Crippen LogP contribution in [0.5, 0.6) is 5.75 Å². The molecule has 1 fully saturated rings. The summed E-state index contributed by atoms with van der Waals surface area (Å²) >= 11 is 1.47. The fourth-order valence-electron chi connectivity index (χ4n) is 2.87. The summed E-state index contributed by atoms with van der Waals surface area (Å²) in [6, 6.07) is 7.90. The van der Waals surface area contributed by atoms with Crippen LogP contribution in [0.3, 0.4) is 0 Å². The third-order valence-corrected chi connectivity index (χ3v) is 5.06. The monoisotopic (exact) mass is 345 g/mol. The molecule has 3 rings (SSSR count). The Morgan fingerprint density at radius 2 is 2.12 bits per heavy atom. The second-order valence-electron chi connectivity index (χ2n) is 5.98. The largest absolute Gasteiger partial charge is 0.490 e. The SMILES string of the molecule is NCCc1nc(C(=O)NCc2ccccc2OC2CCCC2)cs1. The Morgan fingerprint density at radius 3 is 2.92 bits per heavy atom. The van der Waals surface area contributed by atoms with Crippen LogP contribution in [0.15, 0.2) is 29.6 Å². The number of nitrogens with one attached hydrogen (secondary N) is 1. The van der Waals surface area contributed by atoms with Crippen molar-refractivity contribution in [3.8, 4) is 5.75 Å². The Labute approximate surface area is 146 Å². The predicted octanol–water partition coefficient (Wildman–Crippen LogP) is 2.90. The molecule has 0 saturated heterocycles. The van der Waals surface area contributed by atoms with Gasteiger partial charge in [0.25, 0.3) is 5.91 Å². The zero-order chi connectivity index (χ0) is 16.8. The number of hydrogen-bond acceptors (Lipinski definition) is 5. The van der Waals surface area contributed by atoms with Gasteiger partial charge in [-0.1, -0.05) is 18.2 Å². The van der Waals surface area contributed by atoms with Gasteiger partial charge in [-0.2, -0.15) is 0 Å². The first-order valence-electron chi connectivity index (χ1n) is 8.43. The van der Waals surface area contributed by atoms with Gasteiger partial charge in [0.05, 0.1) is 11.1 Å². The van der Waals surface area contributed by atoms with E-state index in [4.69, 9.17) is 10.5 Å². The van der Waals surface area contributed by atoms with E-state index in [1.54, 1.807) is 5.38 Å². The number of ether oxygens (including phenoxy) is 1. The summed E-state index contributed by atoms with van der Waals surface area (Å²) in [4.78, 5) is 16.6. The molecule has 0 aliphatic heterocycles. The topological polar surface area (TPSA) is 77.2 Å². The van der Waals surface area contributed by atoms with E-state index in [-0.39, 0.29) is 5.91 Å². The summed E-state index contributed by atoms with van der Waals surface area (Å²) in [6.07, 6.45) is 5.71. The van der Waals surface area contributed by atoms with Crippen molar-refractivity contribution in [1.29, 1.82) is 0 Å². The summed E-state index contributed by atoms with van der Waals surface area (Å²) in [5, 5.41) is 5.60. The molecule has 1 aliphatic rings. The van der Waals surface area contributed by atoms with Crippen LogP contribution < -0.4 is 15.8 Å². The van der Waals surface area contributed by atoms with Gasteiger partial charge in [0.15, 0.2) is 0 Å². The molecule has 1 aromatic carbocycles. The number of carbonyl (C=O) groups is 1. The Hall–Kier alpha value is -1.92. The van der Waals surface area contributed by atoms with Gasteiger partial charge in [0.1, 0.15) is 11.4 Å². The Morgan fingerprint density at radius 1 is 1.33 bits per heavy atom. The van der Waals surface area contributed by atoms with E-state index < -0.39 is 0 Å². The van der Waals surface area contributed by atoms with Crippen molar-refractivity contribution < 1.29 is 9.53 Å². The fourth-order valence-corrected chi connectivity index (χ4v) is 3.66. The zero-order valence-corrected chi connectivity index (χ0v) is 14.5. The summed E-state index contributed by atoms with van der Waals surface area (Å²) in [5.74, 6) is 0.706. The van der Waals surface area contributed by atoms with Crippen LogP contribution in [0.2, 0.25) is 0 Å². The van der Waals surface area contributed by atoms with Gasteiger partial charge >= 0.3 is 0 Å². The molecule has 2 aromatic rings. The minimum atomic E-state index is -0.162. The highest BCUT2D eigenvalue weighted by atomic mass is 32.1. The van der Waals surface area contributed by atoms with Crippen LogP contribution in [0, 0.1) is 0 Å². The van der Waals surface area contributed by atoms with Crippen LogP contribution in [0.1, 0.15) is 46.7 Å². The molecule has 1 heterocycles. The van der Waals surface area contributed by atoms with Gasteiger partial charge in [-0.15, -0.1) is 11.3 Å². The molecule has 0 unspecified atom stereocenters. The van der Waals surface area contributed by atoms with E-state index in [0.717, 1.165) is 29.2 Å². The number of rotatable bonds is 7. The van der Waals surface area contributed by atoms with E-state index in [1.165, 1.54) is 24.2 Å². The average Bonchev–Trinajstić information content (AvgIpc) is 3.26. The first-order chi connectivity index (χ1) is 11.8. The summed E-state index contributed by atoms with van der Waals surface area (Å²) in [6.45, 7) is 0.978. The minimum absolute atomic E-state index is 0.162. The molecule has 1 aromatic heterocycles. The lowest BCUT2D eigenvalue weighted by Gasteiger charge is -2.16. The third kappa shape index (κ3) is 4.33. The highest BCUT2D eigenvalue weighted by Crippen LogP contribution is 2.26. The van der Waals surface area contributed by atoms with Crippen LogP contribution >= 0.6 is 11.3 Å². The van der Waals surface area contributed by atoms with Gasteiger partial charge in [0.2, 0.25) is 0 Å². The van der Waals surface area contributed by atoms with Gasteiger partial charge in [-0.25, -0.2) is 4.98 Å². The molecule has 0 atom stereocenters. The number of nitrogens with two attached hydrogens (primary N) is 1. The Kier molecular flexibility index (Phi) is 5.82. The van der Waals surface area contributed by atoms with E-state index in [2.05, 4.69) is 10.3 Å². The molecule has 24 heavy (non-hydrogen) atoms. The van der Waals surface area contributed by atoms with Crippen LogP contribution in [0.25, 0.3) is 0 Å². The highest BCUT2D eigenvalue weighted by Gasteiger charge is 2.18. The van der Waals surface area contributed by atoms with Crippen LogP contribution in [-0.2, 0) is 13.0 Å². The van der Waals surface area contributed by atoms with E-state index in [9.17, 15) is 4.79 Å². The van der Waals surface area contributed by atoms with Gasteiger partial charge in [-0.05, 0) is 38.3 Å². The quantitative estimate of drug-likeness (QED) is 0.809. The van der Waals surface area contributed by atoms with E-state index in [0.29, 0.717) is 31.3 Å². The number of amides is 1. The van der Waals surface area contributed by atoms with Gasteiger partial charge < -0.3 is 15.8 Å². The van der Waals surface area contributed by atoms with Crippen molar-refractivity contribution in [2.75, 3.05) is 6.54 Å². The van der Waals surface area contributed by atoms with Crippen LogP contribution in [-0.4, -0.2) is 23.5 Å². The van der Waals surface area contributed by atoms with Crippen molar-refractivity contribution >= 4 is 17.2 Å².